The van der Waals surface area contributed by atoms with Gasteiger partial charge in [-0.15, -0.1) is 0 Å². The third kappa shape index (κ3) is 4.04. The van der Waals surface area contributed by atoms with Crippen LogP contribution in [-0.2, 0) is 6.54 Å². The maximum atomic E-state index is 12.8. The zero-order valence-electron chi connectivity index (χ0n) is 11.5. The van der Waals surface area contributed by atoms with Gasteiger partial charge in [-0.1, -0.05) is 19.1 Å². The summed E-state index contributed by atoms with van der Waals surface area (Å²) in [6.45, 7) is 10.7. The molecule has 0 saturated heterocycles. The van der Waals surface area contributed by atoms with Crippen LogP contribution < -0.4 is 5.32 Å². The summed E-state index contributed by atoms with van der Waals surface area (Å²) in [4.78, 5) is 3.55. The first-order valence-corrected chi connectivity index (χ1v) is 6.92. The average Bonchev–Trinajstić information content (AvgIpc) is 2.40. The Kier molecular flexibility index (Phi) is 4.55. The van der Waals surface area contributed by atoms with E-state index in [1.165, 1.54) is 12.1 Å². The molecule has 0 atom stereocenters. The lowest BCUT2D eigenvalue weighted by Crippen LogP contribution is -2.37. The second-order valence-corrected chi connectivity index (χ2v) is 5.91. The quantitative estimate of drug-likeness (QED) is 0.815. The zero-order chi connectivity index (χ0) is 13.7. The van der Waals surface area contributed by atoms with E-state index in [4.69, 9.17) is 6.57 Å². The molecule has 0 aromatic heterocycles. The zero-order valence-corrected chi connectivity index (χ0v) is 11.5. The van der Waals surface area contributed by atoms with Crippen LogP contribution >= 0.6 is 0 Å². The Morgan fingerprint density at radius 3 is 2.53 bits per heavy atom. The van der Waals surface area contributed by atoms with Gasteiger partial charge in [-0.3, -0.25) is 0 Å². The van der Waals surface area contributed by atoms with Gasteiger partial charge in [-0.2, -0.15) is 0 Å². The molecule has 2 rings (SSSR count). The molecule has 1 saturated carbocycles. The first-order chi connectivity index (χ1) is 9.11. The van der Waals surface area contributed by atoms with Gasteiger partial charge < -0.3 is 10.2 Å². The van der Waals surface area contributed by atoms with Crippen molar-refractivity contribution in [2.75, 3.05) is 6.54 Å². The molecule has 2 nitrogen and oxygen atoms in total. The van der Waals surface area contributed by atoms with E-state index in [1.54, 1.807) is 0 Å². The molecule has 102 valence electrons. The number of benzene rings is 1. The van der Waals surface area contributed by atoms with Crippen molar-refractivity contribution >= 4 is 0 Å². The number of rotatable bonds is 4. The summed E-state index contributed by atoms with van der Waals surface area (Å²) in [7, 11) is 0. The summed E-state index contributed by atoms with van der Waals surface area (Å²) < 4.78 is 12.8. The van der Waals surface area contributed by atoms with Crippen molar-refractivity contribution in [1.82, 2.24) is 5.32 Å². The van der Waals surface area contributed by atoms with Gasteiger partial charge in [-0.05, 0) is 43.4 Å². The number of nitrogens with zero attached hydrogens (tertiary/aromatic N) is 1. The molecule has 1 fully saturated rings. The van der Waals surface area contributed by atoms with Gasteiger partial charge in [0.1, 0.15) is 5.82 Å². The van der Waals surface area contributed by atoms with Crippen LogP contribution in [0.3, 0.4) is 0 Å². The van der Waals surface area contributed by atoms with Gasteiger partial charge in [0, 0.05) is 18.0 Å². The van der Waals surface area contributed by atoms with Crippen LogP contribution in [0.2, 0.25) is 0 Å². The number of hydrogen-bond donors (Lipinski definition) is 1. The first-order valence-electron chi connectivity index (χ1n) is 6.92. The Bertz CT molecular complexity index is 439. The molecule has 1 aromatic rings. The van der Waals surface area contributed by atoms with Crippen molar-refractivity contribution in [2.24, 2.45) is 5.41 Å². The molecule has 1 aliphatic carbocycles. The van der Waals surface area contributed by atoms with E-state index >= 15 is 0 Å². The second-order valence-electron chi connectivity index (χ2n) is 5.91. The lowest BCUT2D eigenvalue weighted by molar-refractivity contribution is 0.201. The van der Waals surface area contributed by atoms with Gasteiger partial charge in [0.2, 0.25) is 6.54 Å². The predicted octanol–water partition coefficient (Wildman–Crippen LogP) is 3.78. The molecule has 0 radical (unpaired) electrons. The molecule has 0 spiro atoms. The highest BCUT2D eigenvalue weighted by Crippen LogP contribution is 2.36. The molecular formula is C16H21FN2. The fraction of sp³-hybridized carbons (Fsp3) is 0.562. The highest BCUT2D eigenvalue weighted by Gasteiger charge is 2.33. The standard InChI is InChI=1S/C16H21FN2/c1-16(12-18-2)9-7-15(8-10-16)19-11-13-3-5-14(17)6-4-13/h3-6,15,19H,7-12H2,1H3. The minimum absolute atomic E-state index is 0.184. The Morgan fingerprint density at radius 1 is 1.32 bits per heavy atom. The molecular weight excluding hydrogens is 239 g/mol. The van der Waals surface area contributed by atoms with Crippen molar-refractivity contribution in [1.29, 1.82) is 0 Å². The topological polar surface area (TPSA) is 16.4 Å². The van der Waals surface area contributed by atoms with Crippen molar-refractivity contribution in [3.8, 4) is 0 Å². The SMILES string of the molecule is [C-]#[N+]CC1(C)CCC(NCc2ccc(F)cc2)CC1. The van der Waals surface area contributed by atoms with E-state index in [1.807, 2.05) is 12.1 Å². The van der Waals surface area contributed by atoms with Gasteiger partial charge >= 0.3 is 0 Å². The molecule has 0 unspecified atom stereocenters. The highest BCUT2D eigenvalue weighted by atomic mass is 19.1. The van der Waals surface area contributed by atoms with Gasteiger partial charge in [0.25, 0.3) is 0 Å². The lowest BCUT2D eigenvalue weighted by Gasteiger charge is -2.34. The summed E-state index contributed by atoms with van der Waals surface area (Å²) >= 11 is 0. The second kappa shape index (κ2) is 6.16. The molecule has 0 heterocycles. The van der Waals surface area contributed by atoms with E-state index in [9.17, 15) is 4.39 Å². The van der Waals surface area contributed by atoms with Crippen LogP contribution in [0.25, 0.3) is 4.85 Å². The molecule has 0 bridgehead atoms. The van der Waals surface area contributed by atoms with Crippen LogP contribution in [0.15, 0.2) is 24.3 Å². The van der Waals surface area contributed by atoms with Crippen molar-refractivity contribution in [3.05, 3.63) is 47.1 Å². The van der Waals surface area contributed by atoms with Crippen molar-refractivity contribution in [2.45, 2.75) is 45.2 Å². The summed E-state index contributed by atoms with van der Waals surface area (Å²) in [5.74, 6) is -0.184. The molecule has 0 aliphatic heterocycles. The molecule has 1 N–H and O–H groups in total. The summed E-state index contributed by atoms with van der Waals surface area (Å²) in [5, 5.41) is 3.54. The predicted molar refractivity (Wildman–Crippen MR) is 75.1 cm³/mol. The molecule has 3 heteroatoms. The number of halogens is 1. The highest BCUT2D eigenvalue weighted by molar-refractivity contribution is 5.15. The number of nitrogens with one attached hydrogen (secondary N) is 1. The smallest absolute Gasteiger partial charge is 0.219 e. The Balaban J connectivity index is 1.77. The molecule has 1 aromatic carbocycles. The molecule has 1 aliphatic rings. The lowest BCUT2D eigenvalue weighted by atomic mass is 9.74. The normalized spacial score (nSPS) is 26.9. The van der Waals surface area contributed by atoms with Crippen LogP contribution in [-0.4, -0.2) is 12.6 Å². The van der Waals surface area contributed by atoms with E-state index in [0.717, 1.165) is 37.8 Å². The van der Waals surface area contributed by atoms with E-state index in [-0.39, 0.29) is 11.2 Å². The van der Waals surface area contributed by atoms with E-state index < -0.39 is 0 Å². The van der Waals surface area contributed by atoms with Crippen LogP contribution in [0.1, 0.15) is 38.2 Å². The van der Waals surface area contributed by atoms with Crippen LogP contribution in [0, 0.1) is 17.8 Å². The average molecular weight is 260 g/mol. The maximum Gasteiger partial charge on any atom is 0.219 e. The monoisotopic (exact) mass is 260 g/mol. The van der Waals surface area contributed by atoms with Gasteiger partial charge in [-0.25, -0.2) is 11.0 Å². The third-order valence-electron chi connectivity index (χ3n) is 4.16. The van der Waals surface area contributed by atoms with Crippen LogP contribution in [0.5, 0.6) is 0 Å². The van der Waals surface area contributed by atoms with Crippen molar-refractivity contribution in [3.63, 3.8) is 0 Å². The first kappa shape index (κ1) is 14.0. The summed E-state index contributed by atoms with van der Waals surface area (Å²) in [6.07, 6.45) is 4.51. The Morgan fingerprint density at radius 2 is 1.95 bits per heavy atom. The van der Waals surface area contributed by atoms with Crippen LogP contribution in [0.4, 0.5) is 4.39 Å². The van der Waals surface area contributed by atoms with Crippen molar-refractivity contribution < 1.29 is 4.39 Å². The maximum absolute atomic E-state index is 12.8. The summed E-state index contributed by atoms with van der Waals surface area (Å²) in [6, 6.07) is 7.20. The molecule has 0 amide bonds. The summed E-state index contributed by atoms with van der Waals surface area (Å²) in [5.41, 5.74) is 1.34. The molecule has 19 heavy (non-hydrogen) atoms. The van der Waals surface area contributed by atoms with E-state index in [2.05, 4.69) is 17.1 Å². The third-order valence-corrected chi connectivity index (χ3v) is 4.16. The number of hydrogen-bond acceptors (Lipinski definition) is 1. The Hall–Kier alpha value is -1.40. The largest absolute Gasteiger partial charge is 0.316 e. The minimum Gasteiger partial charge on any atom is -0.316 e. The fourth-order valence-corrected chi connectivity index (χ4v) is 2.73. The fourth-order valence-electron chi connectivity index (χ4n) is 2.73. The van der Waals surface area contributed by atoms with Gasteiger partial charge in [0.05, 0.1) is 0 Å². The minimum atomic E-state index is -0.184. The van der Waals surface area contributed by atoms with E-state index in [0.29, 0.717) is 12.6 Å². The van der Waals surface area contributed by atoms with Gasteiger partial charge in [0.15, 0.2) is 0 Å². The Labute approximate surface area is 114 Å².